The van der Waals surface area contributed by atoms with Gasteiger partial charge in [0.2, 0.25) is 0 Å². The standard InChI is InChI=1S/C11H11NO3/c1-9-3-5-10(6-4-9)7-14-11(13)15-8-12-2/h3-6H,7-8H2,1H3. The molecule has 0 N–H and O–H groups in total. The molecule has 0 fully saturated rings. The summed E-state index contributed by atoms with van der Waals surface area (Å²) >= 11 is 0. The van der Waals surface area contributed by atoms with Crippen LogP contribution < -0.4 is 0 Å². The highest BCUT2D eigenvalue weighted by Crippen LogP contribution is 2.04. The summed E-state index contributed by atoms with van der Waals surface area (Å²) in [4.78, 5) is 13.7. The number of aryl methyl sites for hydroxylation is 1. The van der Waals surface area contributed by atoms with Crippen molar-refractivity contribution in [3.63, 3.8) is 0 Å². The smallest absolute Gasteiger partial charge is 0.429 e. The van der Waals surface area contributed by atoms with Crippen LogP contribution in [0.25, 0.3) is 4.85 Å². The molecular weight excluding hydrogens is 194 g/mol. The van der Waals surface area contributed by atoms with Gasteiger partial charge < -0.3 is 9.47 Å². The van der Waals surface area contributed by atoms with Gasteiger partial charge in [-0.05, 0) is 12.5 Å². The molecule has 0 radical (unpaired) electrons. The van der Waals surface area contributed by atoms with Gasteiger partial charge in [-0.25, -0.2) is 11.4 Å². The lowest BCUT2D eigenvalue weighted by molar-refractivity contribution is 0.0573. The van der Waals surface area contributed by atoms with E-state index in [4.69, 9.17) is 11.3 Å². The lowest BCUT2D eigenvalue weighted by atomic mass is 10.2. The van der Waals surface area contributed by atoms with Gasteiger partial charge in [0.1, 0.15) is 6.61 Å². The fourth-order valence-electron chi connectivity index (χ4n) is 0.953. The summed E-state index contributed by atoms with van der Waals surface area (Å²) in [6.07, 6.45) is -0.813. The molecule has 1 rings (SSSR count). The largest absolute Gasteiger partial charge is 0.514 e. The summed E-state index contributed by atoms with van der Waals surface area (Å²) in [5.41, 5.74) is 2.04. The molecule has 0 amide bonds. The maximum Gasteiger partial charge on any atom is 0.514 e. The Labute approximate surface area is 88.2 Å². The van der Waals surface area contributed by atoms with Crippen LogP contribution in [0.15, 0.2) is 24.3 Å². The van der Waals surface area contributed by atoms with Crippen LogP contribution in [0.5, 0.6) is 0 Å². The maximum atomic E-state index is 10.9. The second kappa shape index (κ2) is 5.66. The second-order valence-corrected chi connectivity index (χ2v) is 2.96. The lowest BCUT2D eigenvalue weighted by Gasteiger charge is -2.02. The monoisotopic (exact) mass is 205 g/mol. The molecule has 0 bridgehead atoms. The molecule has 1 aromatic rings. The zero-order valence-electron chi connectivity index (χ0n) is 8.40. The van der Waals surface area contributed by atoms with Crippen LogP contribution in [0.3, 0.4) is 0 Å². The molecule has 15 heavy (non-hydrogen) atoms. The molecule has 0 aliphatic carbocycles. The normalized spacial score (nSPS) is 9.07. The van der Waals surface area contributed by atoms with E-state index in [0.29, 0.717) is 0 Å². The SMILES string of the molecule is [C-]#[N+]COC(=O)OCc1ccc(C)cc1. The second-order valence-electron chi connectivity index (χ2n) is 2.96. The summed E-state index contributed by atoms with van der Waals surface area (Å²) in [6.45, 7) is 8.25. The van der Waals surface area contributed by atoms with E-state index in [-0.39, 0.29) is 13.3 Å². The van der Waals surface area contributed by atoms with Gasteiger partial charge in [0.05, 0.1) is 0 Å². The molecule has 1 aromatic carbocycles. The highest BCUT2D eigenvalue weighted by molar-refractivity contribution is 5.59. The number of nitrogens with zero attached hydrogens (tertiary/aromatic N) is 1. The van der Waals surface area contributed by atoms with E-state index >= 15 is 0 Å². The highest BCUT2D eigenvalue weighted by atomic mass is 16.7. The number of hydrogen-bond acceptors (Lipinski definition) is 3. The van der Waals surface area contributed by atoms with Crippen LogP contribution in [0, 0.1) is 13.5 Å². The molecule has 0 saturated heterocycles. The third-order valence-electron chi connectivity index (χ3n) is 1.72. The third kappa shape index (κ3) is 4.14. The molecule has 4 heteroatoms. The Balaban J connectivity index is 2.34. The van der Waals surface area contributed by atoms with Crippen LogP contribution >= 0.6 is 0 Å². The van der Waals surface area contributed by atoms with Crippen molar-refractivity contribution in [2.45, 2.75) is 13.5 Å². The lowest BCUT2D eigenvalue weighted by Crippen LogP contribution is -2.06. The van der Waals surface area contributed by atoms with Crippen molar-refractivity contribution in [1.29, 1.82) is 0 Å². The fraction of sp³-hybridized carbons (Fsp3) is 0.273. The van der Waals surface area contributed by atoms with Gasteiger partial charge in [-0.1, -0.05) is 29.8 Å². The van der Waals surface area contributed by atoms with Crippen molar-refractivity contribution in [3.8, 4) is 0 Å². The molecule has 0 aliphatic rings. The van der Waals surface area contributed by atoms with Crippen LogP contribution in [-0.4, -0.2) is 12.9 Å². The van der Waals surface area contributed by atoms with Crippen LogP contribution in [0.4, 0.5) is 4.79 Å². The number of hydrogen-bond donors (Lipinski definition) is 0. The third-order valence-corrected chi connectivity index (χ3v) is 1.72. The predicted octanol–water partition coefficient (Wildman–Crippen LogP) is 2.53. The summed E-state index contributed by atoms with van der Waals surface area (Å²) in [5, 5.41) is 0. The molecule has 0 saturated carbocycles. The minimum absolute atomic E-state index is 0.164. The van der Waals surface area contributed by atoms with Crippen molar-refractivity contribution in [2.75, 3.05) is 6.73 Å². The zero-order valence-corrected chi connectivity index (χ0v) is 8.40. The van der Waals surface area contributed by atoms with Crippen LogP contribution in [0.2, 0.25) is 0 Å². The predicted molar refractivity (Wildman–Crippen MR) is 53.9 cm³/mol. The number of carbonyl (C=O) groups excluding carboxylic acids is 1. The van der Waals surface area contributed by atoms with E-state index in [2.05, 4.69) is 9.58 Å². The molecule has 0 aliphatic heterocycles. The molecular formula is C11H11NO3. The average Bonchev–Trinajstić information content (AvgIpc) is 2.25. The number of carbonyl (C=O) groups is 1. The van der Waals surface area contributed by atoms with E-state index in [0.717, 1.165) is 11.1 Å². The first-order chi connectivity index (χ1) is 7.22. The van der Waals surface area contributed by atoms with Crippen molar-refractivity contribution in [2.24, 2.45) is 0 Å². The first kappa shape index (κ1) is 11.1. The topological polar surface area (TPSA) is 39.9 Å². The summed E-state index contributed by atoms with van der Waals surface area (Å²) < 4.78 is 9.19. The van der Waals surface area contributed by atoms with E-state index in [1.165, 1.54) is 0 Å². The van der Waals surface area contributed by atoms with Gasteiger partial charge in [-0.15, -0.1) is 0 Å². The average molecular weight is 205 g/mol. The van der Waals surface area contributed by atoms with Gasteiger partial charge >= 0.3 is 12.9 Å². The minimum atomic E-state index is -0.813. The van der Waals surface area contributed by atoms with Crippen molar-refractivity contribution >= 4 is 6.16 Å². The minimum Gasteiger partial charge on any atom is -0.429 e. The molecule has 4 nitrogen and oxygen atoms in total. The quantitative estimate of drug-likeness (QED) is 0.562. The molecule has 78 valence electrons. The fourth-order valence-corrected chi connectivity index (χ4v) is 0.953. The molecule has 0 heterocycles. The van der Waals surface area contributed by atoms with Gasteiger partial charge in [0.15, 0.2) is 0 Å². The molecule has 0 aromatic heterocycles. The summed E-state index contributed by atoms with van der Waals surface area (Å²) in [5.74, 6) is 0. The highest BCUT2D eigenvalue weighted by Gasteiger charge is 2.04. The number of rotatable bonds is 3. The van der Waals surface area contributed by atoms with Crippen LogP contribution in [0.1, 0.15) is 11.1 Å². The Morgan fingerprint density at radius 1 is 1.33 bits per heavy atom. The Morgan fingerprint density at radius 3 is 2.60 bits per heavy atom. The Hall–Kier alpha value is -2.02. The number of benzene rings is 1. The summed E-state index contributed by atoms with van der Waals surface area (Å²) in [7, 11) is 0. The first-order valence-electron chi connectivity index (χ1n) is 4.40. The van der Waals surface area contributed by atoms with Crippen LogP contribution in [-0.2, 0) is 16.1 Å². The summed E-state index contributed by atoms with van der Waals surface area (Å²) in [6, 6.07) is 7.61. The Bertz CT molecular complexity index is 364. The molecule has 0 unspecified atom stereocenters. The van der Waals surface area contributed by atoms with E-state index < -0.39 is 6.16 Å². The van der Waals surface area contributed by atoms with Gasteiger partial charge in [0.25, 0.3) is 0 Å². The first-order valence-corrected chi connectivity index (χ1v) is 4.40. The van der Waals surface area contributed by atoms with E-state index in [9.17, 15) is 4.79 Å². The molecule has 0 spiro atoms. The van der Waals surface area contributed by atoms with E-state index in [1.807, 2.05) is 31.2 Å². The van der Waals surface area contributed by atoms with Crippen molar-refractivity contribution < 1.29 is 14.3 Å². The van der Waals surface area contributed by atoms with Gasteiger partial charge in [0, 0.05) is 0 Å². The van der Waals surface area contributed by atoms with Gasteiger partial charge in [-0.3, -0.25) is 4.85 Å². The number of ether oxygens (including phenoxy) is 2. The zero-order chi connectivity index (χ0) is 11.1. The Morgan fingerprint density at radius 2 is 2.00 bits per heavy atom. The van der Waals surface area contributed by atoms with Crippen molar-refractivity contribution in [3.05, 3.63) is 46.8 Å². The van der Waals surface area contributed by atoms with Gasteiger partial charge in [-0.2, -0.15) is 0 Å². The Kier molecular flexibility index (Phi) is 4.17. The van der Waals surface area contributed by atoms with E-state index in [1.54, 1.807) is 0 Å². The van der Waals surface area contributed by atoms with Crippen molar-refractivity contribution in [1.82, 2.24) is 0 Å². The maximum absolute atomic E-state index is 10.9. The molecule has 0 atom stereocenters.